The van der Waals surface area contributed by atoms with Gasteiger partial charge in [0.25, 0.3) is 5.91 Å². The molecule has 2 aromatic carbocycles. The Bertz CT molecular complexity index is 1140. The van der Waals surface area contributed by atoms with E-state index in [2.05, 4.69) is 17.1 Å². The highest BCUT2D eigenvalue weighted by molar-refractivity contribution is 6.00. The number of aromatic hydroxyl groups is 1. The Morgan fingerprint density at radius 3 is 2.65 bits per heavy atom. The molecule has 0 aliphatic carbocycles. The molecule has 4 rings (SSSR count). The fourth-order valence-corrected chi connectivity index (χ4v) is 4.38. The minimum Gasteiger partial charge on any atom is -0.507 e. The molecule has 1 amide bonds. The van der Waals surface area contributed by atoms with Crippen molar-refractivity contribution in [2.75, 3.05) is 26.4 Å². The van der Waals surface area contributed by atoms with Gasteiger partial charge in [0.2, 0.25) is 0 Å². The number of β-amino-alcohol motifs (C(OH)–C–C–N with tert-alkyl or cyclic N) is 1. The number of nitrogens with one attached hydrogen (secondary N) is 1. The van der Waals surface area contributed by atoms with Gasteiger partial charge >= 0.3 is 0 Å². The third-order valence-electron chi connectivity index (χ3n) is 5.95. The van der Waals surface area contributed by atoms with E-state index in [9.17, 15) is 15.0 Å². The molecular weight excluding hydrogens is 434 g/mol. The van der Waals surface area contributed by atoms with Crippen LogP contribution in [0.2, 0.25) is 0 Å². The summed E-state index contributed by atoms with van der Waals surface area (Å²) in [4.78, 5) is 14.8. The maximum absolute atomic E-state index is 13.2. The molecule has 0 saturated heterocycles. The molecular formula is C26H31N3O5. The first kappa shape index (κ1) is 23.6. The van der Waals surface area contributed by atoms with Gasteiger partial charge in [0.05, 0.1) is 25.9 Å². The Labute approximate surface area is 199 Å². The first-order valence-corrected chi connectivity index (χ1v) is 11.8. The predicted octanol–water partition coefficient (Wildman–Crippen LogP) is 4.29. The van der Waals surface area contributed by atoms with Gasteiger partial charge in [0.15, 0.2) is 11.5 Å². The zero-order valence-electron chi connectivity index (χ0n) is 19.6. The molecule has 34 heavy (non-hydrogen) atoms. The van der Waals surface area contributed by atoms with E-state index in [0.29, 0.717) is 47.2 Å². The lowest BCUT2D eigenvalue weighted by atomic mass is 9.95. The lowest BCUT2D eigenvalue weighted by Gasteiger charge is -2.26. The molecule has 1 atom stereocenters. The SMILES string of the molecule is CCCCCOc1ccc(C2c3c(-c4ccccc4O)n[nH]c3C(=O)N2CCO)cc1OCC. The number of aliphatic hydroxyl groups is 1. The van der Waals surface area contributed by atoms with Crippen molar-refractivity contribution in [3.05, 3.63) is 59.3 Å². The average Bonchev–Trinajstić information content (AvgIpc) is 3.37. The summed E-state index contributed by atoms with van der Waals surface area (Å²) in [5.41, 5.74) is 2.87. The maximum Gasteiger partial charge on any atom is 0.273 e. The molecule has 1 unspecified atom stereocenters. The Morgan fingerprint density at radius 1 is 1.09 bits per heavy atom. The van der Waals surface area contributed by atoms with E-state index in [4.69, 9.17) is 9.47 Å². The van der Waals surface area contributed by atoms with Crippen LogP contribution in [-0.2, 0) is 0 Å². The molecule has 1 aliphatic heterocycles. The van der Waals surface area contributed by atoms with Crippen LogP contribution in [0.5, 0.6) is 17.2 Å². The topological polar surface area (TPSA) is 108 Å². The van der Waals surface area contributed by atoms with Crippen molar-refractivity contribution in [2.45, 2.75) is 39.2 Å². The third-order valence-corrected chi connectivity index (χ3v) is 5.95. The van der Waals surface area contributed by atoms with Crippen molar-refractivity contribution in [2.24, 2.45) is 0 Å². The normalized spacial score (nSPS) is 15.0. The van der Waals surface area contributed by atoms with Gasteiger partial charge in [0.1, 0.15) is 17.1 Å². The Hall–Kier alpha value is -3.52. The number of nitrogens with zero attached hydrogens (tertiary/aromatic N) is 2. The molecule has 0 radical (unpaired) electrons. The highest BCUT2D eigenvalue weighted by Crippen LogP contribution is 2.45. The number of phenols is 1. The van der Waals surface area contributed by atoms with Crippen molar-refractivity contribution in [3.8, 4) is 28.5 Å². The van der Waals surface area contributed by atoms with Crippen molar-refractivity contribution in [1.82, 2.24) is 15.1 Å². The quantitative estimate of drug-likeness (QED) is 0.365. The molecule has 2 heterocycles. The van der Waals surface area contributed by atoms with Crippen LogP contribution in [0, 0.1) is 0 Å². The molecule has 8 heteroatoms. The molecule has 0 saturated carbocycles. The molecule has 0 bridgehead atoms. The molecule has 1 aliphatic rings. The molecule has 0 fully saturated rings. The number of aromatic nitrogens is 2. The van der Waals surface area contributed by atoms with E-state index in [1.165, 1.54) is 0 Å². The number of carbonyl (C=O) groups is 1. The summed E-state index contributed by atoms with van der Waals surface area (Å²) in [7, 11) is 0. The minimum atomic E-state index is -0.503. The van der Waals surface area contributed by atoms with Gasteiger partial charge in [-0.05, 0) is 43.2 Å². The third kappa shape index (κ3) is 4.46. The van der Waals surface area contributed by atoms with Crippen molar-refractivity contribution in [3.63, 3.8) is 0 Å². The summed E-state index contributed by atoms with van der Waals surface area (Å²) in [6, 6.07) is 12.1. The van der Waals surface area contributed by atoms with Gasteiger partial charge in [0, 0.05) is 17.7 Å². The van der Waals surface area contributed by atoms with Crippen LogP contribution in [0.1, 0.15) is 60.8 Å². The summed E-state index contributed by atoms with van der Waals surface area (Å²) in [6.45, 7) is 5.12. The van der Waals surface area contributed by atoms with Crippen LogP contribution in [0.25, 0.3) is 11.3 Å². The second-order valence-corrected chi connectivity index (χ2v) is 8.20. The molecule has 3 N–H and O–H groups in total. The highest BCUT2D eigenvalue weighted by atomic mass is 16.5. The number of benzene rings is 2. The summed E-state index contributed by atoms with van der Waals surface area (Å²) in [6.07, 6.45) is 3.18. The number of para-hydroxylation sites is 1. The zero-order valence-corrected chi connectivity index (χ0v) is 19.6. The van der Waals surface area contributed by atoms with Crippen LogP contribution in [-0.4, -0.2) is 57.6 Å². The number of unbranched alkanes of at least 4 members (excludes halogenated alkanes) is 2. The van der Waals surface area contributed by atoms with Crippen LogP contribution in [0.4, 0.5) is 0 Å². The number of fused-ring (bicyclic) bond motifs is 1. The monoisotopic (exact) mass is 465 g/mol. The van der Waals surface area contributed by atoms with Crippen molar-refractivity contribution < 1.29 is 24.5 Å². The molecule has 180 valence electrons. The van der Waals surface area contributed by atoms with E-state index in [1.54, 1.807) is 23.1 Å². The second kappa shape index (κ2) is 10.6. The Morgan fingerprint density at radius 2 is 1.91 bits per heavy atom. The maximum atomic E-state index is 13.2. The summed E-state index contributed by atoms with van der Waals surface area (Å²) >= 11 is 0. The number of aliphatic hydroxyl groups excluding tert-OH is 1. The first-order valence-electron chi connectivity index (χ1n) is 11.8. The summed E-state index contributed by atoms with van der Waals surface area (Å²) in [5.74, 6) is 1.09. The van der Waals surface area contributed by atoms with Crippen LogP contribution in [0.15, 0.2) is 42.5 Å². The van der Waals surface area contributed by atoms with E-state index >= 15 is 0 Å². The fraction of sp³-hybridized carbons (Fsp3) is 0.385. The average molecular weight is 466 g/mol. The number of hydrogen-bond acceptors (Lipinski definition) is 6. The number of H-pyrrole nitrogens is 1. The summed E-state index contributed by atoms with van der Waals surface area (Å²) in [5, 5.41) is 27.3. The smallest absolute Gasteiger partial charge is 0.273 e. The van der Waals surface area contributed by atoms with Gasteiger partial charge in [-0.15, -0.1) is 0 Å². The summed E-state index contributed by atoms with van der Waals surface area (Å²) < 4.78 is 11.8. The van der Waals surface area contributed by atoms with Gasteiger partial charge < -0.3 is 24.6 Å². The van der Waals surface area contributed by atoms with Crippen molar-refractivity contribution >= 4 is 5.91 Å². The van der Waals surface area contributed by atoms with E-state index in [1.807, 2.05) is 31.2 Å². The number of amides is 1. The Kier molecular flexibility index (Phi) is 7.37. The lowest BCUT2D eigenvalue weighted by molar-refractivity contribution is 0.0706. The highest BCUT2D eigenvalue weighted by Gasteiger charge is 2.42. The number of ether oxygens (including phenoxy) is 2. The minimum absolute atomic E-state index is 0.0782. The van der Waals surface area contributed by atoms with Gasteiger partial charge in [-0.1, -0.05) is 38.0 Å². The fourth-order valence-electron chi connectivity index (χ4n) is 4.38. The largest absolute Gasteiger partial charge is 0.507 e. The lowest BCUT2D eigenvalue weighted by Crippen LogP contribution is -2.32. The Balaban J connectivity index is 1.77. The van der Waals surface area contributed by atoms with Crippen LogP contribution >= 0.6 is 0 Å². The predicted molar refractivity (Wildman–Crippen MR) is 128 cm³/mol. The van der Waals surface area contributed by atoms with Gasteiger partial charge in [-0.2, -0.15) is 5.10 Å². The number of phenolic OH excluding ortho intramolecular Hbond substituents is 1. The molecule has 1 aromatic heterocycles. The zero-order chi connectivity index (χ0) is 24.1. The molecule has 3 aromatic rings. The van der Waals surface area contributed by atoms with Crippen molar-refractivity contribution in [1.29, 1.82) is 0 Å². The molecule has 0 spiro atoms. The first-order chi connectivity index (χ1) is 16.6. The van der Waals surface area contributed by atoms with Gasteiger partial charge in [-0.3, -0.25) is 9.89 Å². The number of carbonyl (C=O) groups excluding carboxylic acids is 1. The molecule has 8 nitrogen and oxygen atoms in total. The second-order valence-electron chi connectivity index (χ2n) is 8.20. The standard InChI is InChI=1S/C26H31N3O5/c1-3-5-8-15-34-20-12-11-17(16-21(20)33-4-2)25-22-23(18-9-6-7-10-19(18)31)27-28-24(22)26(32)29(25)13-14-30/h6-7,9-12,16,25,30-31H,3-5,8,13-15H2,1-2H3,(H,27,28). The van der Waals surface area contributed by atoms with Gasteiger partial charge in [-0.25, -0.2) is 0 Å². The number of rotatable bonds is 11. The van der Waals surface area contributed by atoms with E-state index < -0.39 is 6.04 Å². The number of aromatic amines is 1. The van der Waals surface area contributed by atoms with E-state index in [0.717, 1.165) is 24.8 Å². The van der Waals surface area contributed by atoms with E-state index in [-0.39, 0.29) is 24.8 Å². The van der Waals surface area contributed by atoms with Crippen LogP contribution < -0.4 is 9.47 Å². The number of hydrogen-bond donors (Lipinski definition) is 3. The van der Waals surface area contributed by atoms with Crippen LogP contribution in [0.3, 0.4) is 0 Å².